The van der Waals surface area contributed by atoms with Crippen LogP contribution in [0.25, 0.3) is 0 Å². The first-order valence-electron chi connectivity index (χ1n) is 16.1. The van der Waals surface area contributed by atoms with E-state index in [1.54, 1.807) is 31.2 Å². The number of fused-ring (bicyclic) bond motifs is 1. The van der Waals surface area contributed by atoms with E-state index in [0.29, 0.717) is 35.0 Å². The number of carboxylic acids is 1. The highest BCUT2D eigenvalue weighted by molar-refractivity contribution is 8.00. The van der Waals surface area contributed by atoms with Crippen molar-refractivity contribution < 1.29 is 29.0 Å². The molecule has 10 heteroatoms. The van der Waals surface area contributed by atoms with Crippen molar-refractivity contribution in [1.29, 1.82) is 0 Å². The summed E-state index contributed by atoms with van der Waals surface area (Å²) < 4.78 is 5.46. The molecule has 0 fully saturated rings. The topological polar surface area (TPSA) is 122 Å². The Morgan fingerprint density at radius 1 is 1.00 bits per heavy atom. The van der Waals surface area contributed by atoms with Crippen molar-refractivity contribution in [3.8, 4) is 0 Å². The summed E-state index contributed by atoms with van der Waals surface area (Å²) in [5, 5.41) is 15.5. The van der Waals surface area contributed by atoms with Crippen LogP contribution in [0, 0.1) is 23.2 Å². The van der Waals surface area contributed by atoms with E-state index in [1.807, 2.05) is 42.5 Å². The van der Waals surface area contributed by atoms with Gasteiger partial charge in [-0.3, -0.25) is 14.4 Å². The average Bonchev–Trinajstić information content (AvgIpc) is 3.41. The SMILES string of the molecule is CCOC(=O)c1c(NC(=O)C(Sc2cccc(NC(=O)C3CC=CCC3C(=O)O)c2)c2ccccc2)sc2c1CCC(C(C)(C)C)C2. The molecule has 2 amide bonds. The second kappa shape index (κ2) is 14.9. The second-order valence-corrected chi connectivity index (χ2v) is 15.4. The lowest BCUT2D eigenvalue weighted by Gasteiger charge is -2.33. The van der Waals surface area contributed by atoms with Crippen molar-refractivity contribution in [1.82, 2.24) is 0 Å². The first-order chi connectivity index (χ1) is 22.5. The number of ether oxygens (including phenoxy) is 1. The molecule has 0 saturated carbocycles. The summed E-state index contributed by atoms with van der Waals surface area (Å²) in [4.78, 5) is 54.1. The molecule has 3 aromatic rings. The first-order valence-corrected chi connectivity index (χ1v) is 17.8. The molecule has 2 aromatic carbocycles. The maximum Gasteiger partial charge on any atom is 0.341 e. The molecule has 1 aromatic heterocycles. The number of aliphatic carboxylic acids is 1. The number of thiophene rings is 1. The van der Waals surface area contributed by atoms with E-state index in [-0.39, 0.29) is 23.8 Å². The number of thioether (sulfide) groups is 1. The molecular weight excluding hydrogens is 633 g/mol. The summed E-state index contributed by atoms with van der Waals surface area (Å²) in [6.45, 7) is 8.75. The molecule has 5 rings (SSSR count). The molecule has 0 spiro atoms. The molecular formula is C37H42N2O6S2. The molecule has 0 aliphatic heterocycles. The predicted octanol–water partition coefficient (Wildman–Crippen LogP) is 8.15. The third-order valence-electron chi connectivity index (χ3n) is 8.99. The Labute approximate surface area is 284 Å². The fraction of sp³-hybridized carbons (Fsp3) is 0.405. The summed E-state index contributed by atoms with van der Waals surface area (Å²) >= 11 is 2.81. The number of carbonyl (C=O) groups excluding carboxylic acids is 3. The van der Waals surface area contributed by atoms with E-state index in [2.05, 4.69) is 31.4 Å². The number of benzene rings is 2. The number of allylic oxidation sites excluding steroid dienone is 2. The van der Waals surface area contributed by atoms with Gasteiger partial charge in [-0.25, -0.2) is 4.79 Å². The standard InChI is InChI=1S/C37H42N2O6S2/c1-5-45-36(44)30-28-19-18-23(37(2,3)4)20-29(28)47-34(30)39-33(41)31(22-12-7-6-8-13-22)46-25-15-11-14-24(21-25)38-32(40)26-16-9-10-17-27(26)35(42)43/h6-15,21,23,26-27,31H,5,16-20H2,1-4H3,(H,38,40)(H,39,41)(H,42,43). The van der Waals surface area contributed by atoms with Crippen LogP contribution in [0.4, 0.5) is 10.7 Å². The van der Waals surface area contributed by atoms with Gasteiger partial charge in [-0.1, -0.05) is 69.3 Å². The van der Waals surface area contributed by atoms with Gasteiger partial charge in [0.2, 0.25) is 11.8 Å². The predicted molar refractivity (Wildman–Crippen MR) is 187 cm³/mol. The van der Waals surface area contributed by atoms with E-state index < -0.39 is 29.0 Å². The molecule has 4 unspecified atom stereocenters. The molecule has 8 nitrogen and oxygen atoms in total. The number of nitrogens with one attached hydrogen (secondary N) is 2. The summed E-state index contributed by atoms with van der Waals surface area (Å²) in [7, 11) is 0. The normalized spacial score (nSPS) is 19.7. The third-order valence-corrected chi connectivity index (χ3v) is 11.4. The van der Waals surface area contributed by atoms with Gasteiger partial charge in [0.1, 0.15) is 10.3 Å². The summed E-state index contributed by atoms with van der Waals surface area (Å²) in [6.07, 6.45) is 6.92. The number of hydrogen-bond acceptors (Lipinski definition) is 7. The first kappa shape index (κ1) is 34.4. The Balaban J connectivity index is 1.40. The average molecular weight is 675 g/mol. The smallest absolute Gasteiger partial charge is 0.341 e. The number of carbonyl (C=O) groups is 4. The lowest BCUT2D eigenvalue weighted by molar-refractivity contribution is -0.146. The molecule has 0 saturated heterocycles. The van der Waals surface area contributed by atoms with Gasteiger partial charge in [-0.05, 0) is 79.7 Å². The van der Waals surface area contributed by atoms with Crippen molar-refractivity contribution in [2.75, 3.05) is 17.2 Å². The van der Waals surface area contributed by atoms with Crippen molar-refractivity contribution >= 4 is 57.5 Å². The van der Waals surface area contributed by atoms with Gasteiger partial charge in [0.25, 0.3) is 0 Å². The minimum Gasteiger partial charge on any atom is -0.481 e. The summed E-state index contributed by atoms with van der Waals surface area (Å²) in [5.41, 5.74) is 2.88. The maximum atomic E-state index is 14.1. The van der Waals surface area contributed by atoms with E-state index in [4.69, 9.17) is 4.74 Å². The van der Waals surface area contributed by atoms with Crippen LogP contribution in [0.5, 0.6) is 0 Å². The van der Waals surface area contributed by atoms with Crippen molar-refractivity contribution in [3.05, 3.63) is 88.3 Å². The summed E-state index contributed by atoms with van der Waals surface area (Å²) in [6, 6.07) is 16.6. The maximum absolute atomic E-state index is 14.1. The molecule has 4 atom stereocenters. The van der Waals surface area contributed by atoms with Gasteiger partial charge in [0.15, 0.2) is 0 Å². The zero-order valence-electron chi connectivity index (χ0n) is 27.2. The van der Waals surface area contributed by atoms with Crippen LogP contribution < -0.4 is 10.6 Å². The highest BCUT2D eigenvalue weighted by Crippen LogP contribution is 2.45. The van der Waals surface area contributed by atoms with Crippen molar-refractivity contribution in [2.45, 2.75) is 69.9 Å². The number of esters is 1. The lowest BCUT2D eigenvalue weighted by Crippen LogP contribution is -2.34. The quantitative estimate of drug-likeness (QED) is 0.113. The van der Waals surface area contributed by atoms with Gasteiger partial charge in [-0.2, -0.15) is 0 Å². The molecule has 2 aliphatic rings. The van der Waals surface area contributed by atoms with Crippen molar-refractivity contribution in [3.63, 3.8) is 0 Å². The monoisotopic (exact) mass is 674 g/mol. The van der Waals surface area contributed by atoms with Crippen LogP contribution in [-0.4, -0.2) is 35.5 Å². The second-order valence-electron chi connectivity index (χ2n) is 13.1. The van der Waals surface area contributed by atoms with E-state index in [0.717, 1.165) is 40.2 Å². The van der Waals surface area contributed by atoms with Gasteiger partial charge < -0.3 is 20.5 Å². The Hall–Kier alpha value is -3.89. The third kappa shape index (κ3) is 8.16. The molecule has 0 bridgehead atoms. The molecule has 47 heavy (non-hydrogen) atoms. The van der Waals surface area contributed by atoms with Crippen LogP contribution in [0.1, 0.15) is 78.6 Å². The zero-order chi connectivity index (χ0) is 33.7. The van der Waals surface area contributed by atoms with Crippen LogP contribution in [0.2, 0.25) is 0 Å². The Morgan fingerprint density at radius 3 is 2.40 bits per heavy atom. The minimum absolute atomic E-state index is 0.129. The van der Waals surface area contributed by atoms with E-state index in [1.165, 1.54) is 23.1 Å². The minimum atomic E-state index is -0.984. The largest absolute Gasteiger partial charge is 0.481 e. The number of hydrogen-bond donors (Lipinski definition) is 3. The Kier molecular flexibility index (Phi) is 10.9. The van der Waals surface area contributed by atoms with E-state index in [9.17, 15) is 24.3 Å². The Bertz CT molecular complexity index is 1660. The molecule has 0 radical (unpaired) electrons. The lowest BCUT2D eigenvalue weighted by atomic mass is 9.72. The van der Waals surface area contributed by atoms with Crippen LogP contribution in [-0.2, 0) is 32.0 Å². The molecule has 248 valence electrons. The van der Waals surface area contributed by atoms with Crippen LogP contribution in [0.15, 0.2) is 71.6 Å². The summed E-state index contributed by atoms with van der Waals surface area (Å²) in [5.74, 6) is -2.99. The van der Waals surface area contributed by atoms with Gasteiger partial charge in [-0.15, -0.1) is 23.1 Å². The zero-order valence-corrected chi connectivity index (χ0v) is 28.8. The van der Waals surface area contributed by atoms with Gasteiger partial charge in [0, 0.05) is 15.5 Å². The highest BCUT2D eigenvalue weighted by Gasteiger charge is 2.36. The van der Waals surface area contributed by atoms with Crippen LogP contribution in [0.3, 0.4) is 0 Å². The number of rotatable bonds is 10. The fourth-order valence-corrected chi connectivity index (χ4v) is 8.71. The van der Waals surface area contributed by atoms with E-state index >= 15 is 0 Å². The number of anilines is 2. The van der Waals surface area contributed by atoms with Crippen LogP contribution >= 0.6 is 23.1 Å². The van der Waals surface area contributed by atoms with Gasteiger partial charge in [0.05, 0.1) is 24.0 Å². The molecule has 2 aliphatic carbocycles. The fourth-order valence-electron chi connectivity index (χ4n) is 6.31. The highest BCUT2D eigenvalue weighted by atomic mass is 32.2. The van der Waals surface area contributed by atoms with Gasteiger partial charge >= 0.3 is 11.9 Å². The Morgan fingerprint density at radius 2 is 1.72 bits per heavy atom. The number of amides is 2. The number of carboxylic acid groups (broad SMARTS) is 1. The molecule has 1 heterocycles. The molecule has 3 N–H and O–H groups in total. The van der Waals surface area contributed by atoms with Crippen molar-refractivity contribution in [2.24, 2.45) is 23.2 Å².